The Balaban J connectivity index is 1.62. The van der Waals surface area contributed by atoms with Crippen molar-refractivity contribution in [3.8, 4) is 11.1 Å². The molecule has 1 atom stereocenters. The molecule has 4 aromatic rings. The molecule has 2 heterocycles. The van der Waals surface area contributed by atoms with E-state index in [-0.39, 0.29) is 12.6 Å². The lowest BCUT2D eigenvalue weighted by Gasteiger charge is -2.18. The summed E-state index contributed by atoms with van der Waals surface area (Å²) in [5, 5.41) is 23.9. The molecule has 0 aliphatic rings. The van der Waals surface area contributed by atoms with Crippen LogP contribution in [0.25, 0.3) is 22.2 Å². The Bertz CT molecular complexity index is 983. The smallest absolute Gasteiger partial charge is 0.113 e. The first kappa shape index (κ1) is 15.3. The van der Waals surface area contributed by atoms with Crippen molar-refractivity contribution in [3.63, 3.8) is 0 Å². The number of aliphatic hydroxyl groups is 1. The van der Waals surface area contributed by atoms with E-state index >= 15 is 0 Å². The number of pyridine rings is 1. The maximum absolute atomic E-state index is 9.72. The molecule has 0 aliphatic heterocycles. The predicted octanol–water partition coefficient (Wildman–Crippen LogP) is 3.17. The first-order valence-electron chi connectivity index (χ1n) is 8.02. The van der Waals surface area contributed by atoms with E-state index in [9.17, 15) is 5.11 Å². The maximum atomic E-state index is 9.72. The SMILES string of the molecule is OC[C@H](Nc1cncc(-c2ccc3n[nH]nc3c2)c1)c1ccccc1. The Kier molecular flexibility index (Phi) is 4.10. The van der Waals surface area contributed by atoms with Gasteiger partial charge in [-0.2, -0.15) is 15.4 Å². The number of nitrogens with zero attached hydrogens (tertiary/aromatic N) is 3. The van der Waals surface area contributed by atoms with Crippen molar-refractivity contribution in [1.82, 2.24) is 20.4 Å². The summed E-state index contributed by atoms with van der Waals surface area (Å²) in [7, 11) is 0. The number of hydrogen-bond donors (Lipinski definition) is 3. The molecule has 0 saturated carbocycles. The number of H-pyrrole nitrogens is 1. The van der Waals surface area contributed by atoms with Crippen LogP contribution in [0.3, 0.4) is 0 Å². The number of anilines is 1. The van der Waals surface area contributed by atoms with Gasteiger partial charge in [0.15, 0.2) is 0 Å². The predicted molar refractivity (Wildman–Crippen MR) is 97.0 cm³/mol. The third kappa shape index (κ3) is 3.20. The molecule has 0 radical (unpaired) electrons. The first-order chi connectivity index (χ1) is 12.3. The fraction of sp³-hybridized carbons (Fsp3) is 0.105. The largest absolute Gasteiger partial charge is 0.394 e. The molecule has 3 N–H and O–H groups in total. The van der Waals surface area contributed by atoms with Crippen molar-refractivity contribution in [3.05, 3.63) is 72.6 Å². The van der Waals surface area contributed by atoms with Crippen molar-refractivity contribution >= 4 is 16.7 Å². The summed E-state index contributed by atoms with van der Waals surface area (Å²) in [5.41, 5.74) is 5.50. The Morgan fingerprint density at radius 3 is 2.60 bits per heavy atom. The zero-order chi connectivity index (χ0) is 17.1. The minimum Gasteiger partial charge on any atom is -0.394 e. The number of hydrogen-bond acceptors (Lipinski definition) is 5. The molecule has 4 rings (SSSR count). The van der Waals surface area contributed by atoms with Gasteiger partial charge in [-0.05, 0) is 29.3 Å². The maximum Gasteiger partial charge on any atom is 0.113 e. The topological polar surface area (TPSA) is 86.7 Å². The van der Waals surface area contributed by atoms with E-state index < -0.39 is 0 Å². The number of aromatic nitrogens is 4. The quantitative estimate of drug-likeness (QED) is 0.523. The Labute approximate surface area is 144 Å². The van der Waals surface area contributed by atoms with E-state index in [1.165, 1.54) is 0 Å². The third-order valence-electron chi connectivity index (χ3n) is 4.11. The molecular formula is C19H17N5O. The van der Waals surface area contributed by atoms with Crippen LogP contribution in [0.1, 0.15) is 11.6 Å². The van der Waals surface area contributed by atoms with Gasteiger partial charge in [0, 0.05) is 18.0 Å². The second-order valence-electron chi connectivity index (χ2n) is 5.78. The van der Waals surface area contributed by atoms with Crippen molar-refractivity contribution in [1.29, 1.82) is 0 Å². The molecule has 0 bridgehead atoms. The van der Waals surface area contributed by atoms with E-state index in [0.29, 0.717) is 0 Å². The van der Waals surface area contributed by atoms with Crippen LogP contribution in [0, 0.1) is 0 Å². The van der Waals surface area contributed by atoms with E-state index in [1.54, 1.807) is 6.20 Å². The van der Waals surface area contributed by atoms with Crippen LogP contribution >= 0.6 is 0 Å². The summed E-state index contributed by atoms with van der Waals surface area (Å²) < 4.78 is 0. The number of aromatic amines is 1. The third-order valence-corrected chi connectivity index (χ3v) is 4.11. The van der Waals surface area contributed by atoms with Gasteiger partial charge in [0.25, 0.3) is 0 Å². The molecular weight excluding hydrogens is 314 g/mol. The molecule has 0 amide bonds. The summed E-state index contributed by atoms with van der Waals surface area (Å²) in [6.45, 7) is -0.000854. The molecule has 2 aromatic heterocycles. The standard InChI is InChI=1S/C19H17N5O/c25-12-19(13-4-2-1-3-5-13)21-16-8-15(10-20-11-16)14-6-7-17-18(9-14)23-24-22-17/h1-11,19,21,25H,12H2,(H,22,23,24)/t19-/m0/s1. The molecule has 6 heteroatoms. The summed E-state index contributed by atoms with van der Waals surface area (Å²) >= 11 is 0. The second-order valence-corrected chi connectivity index (χ2v) is 5.78. The van der Waals surface area contributed by atoms with Gasteiger partial charge in [0.05, 0.1) is 18.3 Å². The highest BCUT2D eigenvalue weighted by atomic mass is 16.3. The van der Waals surface area contributed by atoms with Crippen molar-refractivity contribution in [2.24, 2.45) is 0 Å². The average Bonchev–Trinajstić information content (AvgIpc) is 3.15. The zero-order valence-electron chi connectivity index (χ0n) is 13.4. The Hall–Kier alpha value is -3.25. The zero-order valence-corrected chi connectivity index (χ0v) is 13.4. The van der Waals surface area contributed by atoms with E-state index in [0.717, 1.165) is 33.4 Å². The highest BCUT2D eigenvalue weighted by molar-refractivity contribution is 5.81. The summed E-state index contributed by atoms with van der Waals surface area (Å²) in [6.07, 6.45) is 3.56. The normalized spacial score (nSPS) is 12.2. The second kappa shape index (κ2) is 6.70. The molecule has 25 heavy (non-hydrogen) atoms. The van der Waals surface area contributed by atoms with Gasteiger partial charge in [0.1, 0.15) is 11.0 Å². The van der Waals surface area contributed by atoms with Crippen LogP contribution in [-0.2, 0) is 0 Å². The van der Waals surface area contributed by atoms with Crippen LogP contribution in [0.5, 0.6) is 0 Å². The van der Waals surface area contributed by atoms with Gasteiger partial charge in [-0.25, -0.2) is 0 Å². The lowest BCUT2D eigenvalue weighted by atomic mass is 10.1. The average molecular weight is 331 g/mol. The molecule has 0 spiro atoms. The number of benzene rings is 2. The fourth-order valence-corrected chi connectivity index (χ4v) is 2.82. The molecule has 0 aliphatic carbocycles. The summed E-state index contributed by atoms with van der Waals surface area (Å²) in [4.78, 5) is 4.32. The number of nitrogens with one attached hydrogen (secondary N) is 2. The summed E-state index contributed by atoms with van der Waals surface area (Å²) in [5.74, 6) is 0. The molecule has 0 saturated heterocycles. The van der Waals surface area contributed by atoms with Crippen molar-refractivity contribution < 1.29 is 5.11 Å². The van der Waals surface area contributed by atoms with Gasteiger partial charge in [-0.15, -0.1) is 0 Å². The number of fused-ring (bicyclic) bond motifs is 1. The van der Waals surface area contributed by atoms with Gasteiger partial charge in [-0.3, -0.25) is 4.98 Å². The van der Waals surface area contributed by atoms with Gasteiger partial charge in [-0.1, -0.05) is 36.4 Å². The molecule has 0 fully saturated rings. The number of rotatable bonds is 5. The van der Waals surface area contributed by atoms with Crippen LogP contribution in [-0.4, -0.2) is 32.1 Å². The minimum absolute atomic E-state index is 0.000854. The van der Waals surface area contributed by atoms with Crippen molar-refractivity contribution in [2.75, 3.05) is 11.9 Å². The number of aliphatic hydroxyl groups excluding tert-OH is 1. The van der Waals surface area contributed by atoms with Crippen LogP contribution < -0.4 is 5.32 Å². The Morgan fingerprint density at radius 2 is 1.76 bits per heavy atom. The lowest BCUT2D eigenvalue weighted by molar-refractivity contribution is 0.276. The van der Waals surface area contributed by atoms with Crippen molar-refractivity contribution in [2.45, 2.75) is 6.04 Å². The van der Waals surface area contributed by atoms with E-state index in [4.69, 9.17) is 0 Å². The summed E-state index contributed by atoms with van der Waals surface area (Å²) in [6, 6.07) is 17.6. The molecule has 124 valence electrons. The van der Waals surface area contributed by atoms with Gasteiger partial charge >= 0.3 is 0 Å². The highest BCUT2D eigenvalue weighted by Gasteiger charge is 2.11. The fourth-order valence-electron chi connectivity index (χ4n) is 2.82. The van der Waals surface area contributed by atoms with E-state index in [1.807, 2.05) is 60.8 Å². The van der Waals surface area contributed by atoms with Crippen LogP contribution in [0.2, 0.25) is 0 Å². The lowest BCUT2D eigenvalue weighted by Crippen LogP contribution is -2.14. The van der Waals surface area contributed by atoms with Gasteiger partial charge < -0.3 is 10.4 Å². The van der Waals surface area contributed by atoms with E-state index in [2.05, 4.69) is 25.7 Å². The van der Waals surface area contributed by atoms with Crippen LogP contribution in [0.4, 0.5) is 5.69 Å². The monoisotopic (exact) mass is 331 g/mol. The van der Waals surface area contributed by atoms with Crippen LogP contribution in [0.15, 0.2) is 67.0 Å². The molecule has 6 nitrogen and oxygen atoms in total. The molecule has 2 aromatic carbocycles. The first-order valence-corrected chi connectivity index (χ1v) is 8.02. The minimum atomic E-state index is -0.184. The Morgan fingerprint density at radius 1 is 0.920 bits per heavy atom. The molecule has 0 unspecified atom stereocenters. The highest BCUT2D eigenvalue weighted by Crippen LogP contribution is 2.26. The van der Waals surface area contributed by atoms with Gasteiger partial charge in [0.2, 0.25) is 0 Å².